The van der Waals surface area contributed by atoms with E-state index in [1.165, 1.54) is 32.4 Å². The van der Waals surface area contributed by atoms with Gasteiger partial charge < -0.3 is 14.9 Å². The van der Waals surface area contributed by atoms with Gasteiger partial charge in [0.1, 0.15) is 25.3 Å². The average molecular weight is 351 g/mol. The molecule has 0 saturated heterocycles. The first-order valence-corrected chi connectivity index (χ1v) is 7.44. The van der Waals surface area contributed by atoms with Gasteiger partial charge in [0.05, 0.1) is 5.02 Å². The fourth-order valence-electron chi connectivity index (χ4n) is 2.03. The highest BCUT2D eigenvalue weighted by atomic mass is 35.5. The van der Waals surface area contributed by atoms with Crippen molar-refractivity contribution in [1.82, 2.24) is 5.32 Å². The molecule has 0 aliphatic heterocycles. The van der Waals surface area contributed by atoms with Crippen molar-refractivity contribution in [2.75, 3.05) is 14.2 Å². The van der Waals surface area contributed by atoms with Crippen LogP contribution in [0.3, 0.4) is 0 Å². The van der Waals surface area contributed by atoms with E-state index in [0.717, 1.165) is 5.56 Å². The SMILES string of the molecule is CNC(=O)/C(=N/OC)c1ccccc1COc1ccc(F)c(Cl)c1. The monoisotopic (exact) mass is 350 g/mol. The van der Waals surface area contributed by atoms with Crippen LogP contribution >= 0.6 is 11.6 Å². The second-order valence-corrected chi connectivity index (χ2v) is 5.13. The second kappa shape index (κ2) is 8.31. The number of benzene rings is 2. The number of amides is 1. The van der Waals surface area contributed by atoms with E-state index >= 15 is 0 Å². The zero-order valence-corrected chi connectivity index (χ0v) is 13.9. The molecule has 0 aliphatic rings. The number of nitrogens with zero attached hydrogens (tertiary/aromatic N) is 1. The van der Waals surface area contributed by atoms with Gasteiger partial charge in [-0.3, -0.25) is 4.79 Å². The zero-order valence-electron chi connectivity index (χ0n) is 13.2. The Labute approximate surface area is 144 Å². The van der Waals surface area contributed by atoms with Gasteiger partial charge in [0.2, 0.25) is 0 Å². The van der Waals surface area contributed by atoms with Crippen molar-refractivity contribution in [3.8, 4) is 5.75 Å². The van der Waals surface area contributed by atoms with E-state index in [4.69, 9.17) is 21.2 Å². The molecular weight excluding hydrogens is 335 g/mol. The molecule has 0 bridgehead atoms. The highest BCUT2D eigenvalue weighted by Gasteiger charge is 2.17. The van der Waals surface area contributed by atoms with E-state index in [1.54, 1.807) is 18.2 Å². The average Bonchev–Trinajstić information content (AvgIpc) is 2.60. The van der Waals surface area contributed by atoms with Crippen LogP contribution in [0, 0.1) is 5.82 Å². The van der Waals surface area contributed by atoms with Crippen molar-refractivity contribution < 1.29 is 18.8 Å². The van der Waals surface area contributed by atoms with Crippen molar-refractivity contribution >= 4 is 23.2 Å². The summed E-state index contributed by atoms with van der Waals surface area (Å²) in [6.45, 7) is 0.151. The van der Waals surface area contributed by atoms with Gasteiger partial charge in [-0.25, -0.2) is 4.39 Å². The van der Waals surface area contributed by atoms with E-state index in [2.05, 4.69) is 10.5 Å². The van der Waals surface area contributed by atoms with Crippen molar-refractivity contribution in [2.45, 2.75) is 6.61 Å². The van der Waals surface area contributed by atoms with Crippen LogP contribution in [0.2, 0.25) is 5.02 Å². The molecule has 0 saturated carbocycles. The fraction of sp³-hybridized carbons (Fsp3) is 0.176. The summed E-state index contributed by atoms with van der Waals surface area (Å²) in [6.07, 6.45) is 0. The topological polar surface area (TPSA) is 59.9 Å². The van der Waals surface area contributed by atoms with Crippen LogP contribution in [0.4, 0.5) is 4.39 Å². The molecule has 5 nitrogen and oxygen atoms in total. The minimum absolute atomic E-state index is 0.0206. The lowest BCUT2D eigenvalue weighted by Crippen LogP contribution is -2.29. The van der Waals surface area contributed by atoms with E-state index in [9.17, 15) is 9.18 Å². The molecule has 1 N–H and O–H groups in total. The highest BCUT2D eigenvalue weighted by Crippen LogP contribution is 2.22. The number of carbonyl (C=O) groups excluding carboxylic acids is 1. The first kappa shape index (κ1) is 17.7. The summed E-state index contributed by atoms with van der Waals surface area (Å²) < 4.78 is 18.8. The number of nitrogens with one attached hydrogen (secondary N) is 1. The number of hydrogen-bond acceptors (Lipinski definition) is 4. The molecule has 0 fully saturated rings. The standard InChI is InChI=1S/C17H16ClFN2O3/c1-20-17(22)16(21-23-2)13-6-4-3-5-11(13)10-24-12-7-8-15(19)14(18)9-12/h3-9H,10H2,1-2H3,(H,20,22)/b21-16+. The Morgan fingerprint density at radius 3 is 2.71 bits per heavy atom. The predicted octanol–water partition coefficient (Wildman–Crippen LogP) is 3.15. The molecule has 0 spiro atoms. The third kappa shape index (κ3) is 4.23. The van der Waals surface area contributed by atoms with Crippen molar-refractivity contribution in [3.05, 3.63) is 64.4 Å². The van der Waals surface area contributed by atoms with Gasteiger partial charge in [0, 0.05) is 18.7 Å². The number of rotatable bonds is 6. The summed E-state index contributed by atoms with van der Waals surface area (Å²) in [5.74, 6) is -0.478. The maximum atomic E-state index is 13.2. The van der Waals surface area contributed by atoms with Gasteiger partial charge in [0.25, 0.3) is 5.91 Å². The van der Waals surface area contributed by atoms with Crippen LogP contribution in [0.5, 0.6) is 5.75 Å². The largest absolute Gasteiger partial charge is 0.489 e. The normalized spacial score (nSPS) is 11.1. The number of halogens is 2. The smallest absolute Gasteiger partial charge is 0.273 e. The summed E-state index contributed by atoms with van der Waals surface area (Å²) in [4.78, 5) is 16.7. The predicted molar refractivity (Wildman–Crippen MR) is 89.8 cm³/mol. The molecule has 2 aromatic rings. The molecule has 126 valence electrons. The number of oxime groups is 1. The quantitative estimate of drug-likeness (QED) is 0.643. The number of hydrogen-bond donors (Lipinski definition) is 1. The van der Waals surface area contributed by atoms with Crippen LogP contribution in [0.1, 0.15) is 11.1 Å². The van der Waals surface area contributed by atoms with E-state index < -0.39 is 5.82 Å². The molecule has 0 unspecified atom stereocenters. The van der Waals surface area contributed by atoms with E-state index in [1.807, 2.05) is 6.07 Å². The van der Waals surface area contributed by atoms with Crippen LogP contribution in [0.25, 0.3) is 0 Å². The minimum Gasteiger partial charge on any atom is -0.489 e. The number of likely N-dealkylation sites (N-methyl/N-ethyl adjacent to an activating group) is 1. The molecule has 0 aliphatic carbocycles. The fourth-order valence-corrected chi connectivity index (χ4v) is 2.20. The first-order valence-electron chi connectivity index (χ1n) is 7.06. The molecular formula is C17H16ClFN2O3. The third-order valence-corrected chi connectivity index (χ3v) is 3.47. The Hall–Kier alpha value is -2.60. The van der Waals surface area contributed by atoms with Crippen LogP contribution < -0.4 is 10.1 Å². The van der Waals surface area contributed by atoms with Gasteiger partial charge in [-0.15, -0.1) is 0 Å². The van der Waals surface area contributed by atoms with Gasteiger partial charge in [-0.05, 0) is 17.7 Å². The van der Waals surface area contributed by atoms with Gasteiger partial charge in [-0.2, -0.15) is 0 Å². The molecule has 0 heterocycles. The Bertz CT molecular complexity index is 765. The van der Waals surface area contributed by atoms with Crippen LogP contribution in [0.15, 0.2) is 47.6 Å². The summed E-state index contributed by atoms with van der Waals surface area (Å²) >= 11 is 5.74. The summed E-state index contributed by atoms with van der Waals surface area (Å²) in [6, 6.07) is 11.2. The van der Waals surface area contributed by atoms with Gasteiger partial charge in [0.15, 0.2) is 5.71 Å². The van der Waals surface area contributed by atoms with Gasteiger partial charge >= 0.3 is 0 Å². The summed E-state index contributed by atoms with van der Waals surface area (Å²) in [7, 11) is 2.87. The highest BCUT2D eigenvalue weighted by molar-refractivity contribution is 6.45. The maximum Gasteiger partial charge on any atom is 0.273 e. The van der Waals surface area contributed by atoms with Crippen molar-refractivity contribution in [3.63, 3.8) is 0 Å². The second-order valence-electron chi connectivity index (χ2n) is 4.72. The van der Waals surface area contributed by atoms with Crippen molar-refractivity contribution in [1.29, 1.82) is 0 Å². The molecule has 0 atom stereocenters. The lowest BCUT2D eigenvalue weighted by atomic mass is 10.0. The van der Waals surface area contributed by atoms with Crippen LogP contribution in [-0.4, -0.2) is 25.8 Å². The first-order chi connectivity index (χ1) is 11.6. The number of ether oxygens (including phenoxy) is 1. The molecule has 0 radical (unpaired) electrons. The molecule has 1 amide bonds. The minimum atomic E-state index is -0.515. The zero-order chi connectivity index (χ0) is 17.5. The Kier molecular flexibility index (Phi) is 6.14. The van der Waals surface area contributed by atoms with Gasteiger partial charge in [-0.1, -0.05) is 41.0 Å². The molecule has 7 heteroatoms. The Morgan fingerprint density at radius 2 is 2.04 bits per heavy atom. The van der Waals surface area contributed by atoms with Crippen molar-refractivity contribution in [2.24, 2.45) is 5.16 Å². The molecule has 2 aromatic carbocycles. The maximum absolute atomic E-state index is 13.2. The Balaban J connectivity index is 2.26. The van der Waals surface area contributed by atoms with E-state index in [-0.39, 0.29) is 23.2 Å². The third-order valence-electron chi connectivity index (χ3n) is 3.18. The van der Waals surface area contributed by atoms with Crippen LogP contribution in [-0.2, 0) is 16.2 Å². The van der Waals surface area contributed by atoms with E-state index in [0.29, 0.717) is 11.3 Å². The number of carbonyl (C=O) groups is 1. The lowest BCUT2D eigenvalue weighted by molar-refractivity contribution is -0.114. The molecule has 24 heavy (non-hydrogen) atoms. The molecule has 0 aromatic heterocycles. The summed E-state index contributed by atoms with van der Waals surface area (Å²) in [5.41, 5.74) is 1.43. The lowest BCUT2D eigenvalue weighted by Gasteiger charge is -2.12. The molecule has 2 rings (SSSR count). The Morgan fingerprint density at radius 1 is 1.29 bits per heavy atom. The summed E-state index contributed by atoms with van der Waals surface area (Å²) in [5, 5.41) is 6.28.